The Morgan fingerprint density at radius 2 is 1.95 bits per heavy atom. The molecule has 0 atom stereocenters. The van der Waals surface area contributed by atoms with E-state index in [1.165, 1.54) is 24.3 Å². The molecule has 0 aliphatic heterocycles. The van der Waals surface area contributed by atoms with Crippen LogP contribution in [0.15, 0.2) is 36.4 Å². The Hall–Kier alpha value is -2.14. The Morgan fingerprint density at radius 3 is 2.60 bits per heavy atom. The number of aromatic nitrogens is 1. The summed E-state index contributed by atoms with van der Waals surface area (Å²) >= 11 is 5.75. The van der Waals surface area contributed by atoms with Crippen LogP contribution in [0.25, 0.3) is 0 Å². The summed E-state index contributed by atoms with van der Waals surface area (Å²) in [5, 5.41) is 12.2. The lowest BCUT2D eigenvalue weighted by Gasteiger charge is -2.09. The van der Waals surface area contributed by atoms with E-state index in [0.717, 1.165) is 5.56 Å². The number of halogens is 2. The minimum absolute atomic E-state index is 0.0634. The first-order valence-electron chi connectivity index (χ1n) is 5.94. The van der Waals surface area contributed by atoms with Crippen LogP contribution >= 0.6 is 11.6 Å². The molecular weight excluding hydrogens is 283 g/mol. The van der Waals surface area contributed by atoms with Crippen molar-refractivity contribution in [2.24, 2.45) is 0 Å². The fourth-order valence-corrected chi connectivity index (χ4v) is 1.87. The first kappa shape index (κ1) is 14.3. The molecule has 0 saturated carbocycles. The van der Waals surface area contributed by atoms with Gasteiger partial charge in [0, 0.05) is 6.54 Å². The Labute approximate surface area is 120 Å². The average Bonchev–Trinajstić information content (AvgIpc) is 2.41. The standard InChI is InChI=1S/C14H12ClFN2O2/c15-12-6-5-11(14(19)20)13(18-12)17-8-7-9-1-3-10(16)4-2-9/h1-6H,7-8H2,(H,17,18)(H,19,20). The highest BCUT2D eigenvalue weighted by molar-refractivity contribution is 6.29. The van der Waals surface area contributed by atoms with Gasteiger partial charge in [-0.2, -0.15) is 0 Å². The third kappa shape index (κ3) is 3.68. The second kappa shape index (κ2) is 6.34. The third-order valence-electron chi connectivity index (χ3n) is 2.71. The van der Waals surface area contributed by atoms with Crippen molar-refractivity contribution in [1.29, 1.82) is 0 Å². The van der Waals surface area contributed by atoms with Gasteiger partial charge in [0.25, 0.3) is 0 Å². The van der Waals surface area contributed by atoms with Crippen molar-refractivity contribution in [3.05, 3.63) is 58.5 Å². The van der Waals surface area contributed by atoms with E-state index in [0.29, 0.717) is 13.0 Å². The van der Waals surface area contributed by atoms with Gasteiger partial charge in [-0.05, 0) is 36.2 Å². The van der Waals surface area contributed by atoms with E-state index in [1.807, 2.05) is 0 Å². The predicted molar refractivity (Wildman–Crippen MR) is 74.8 cm³/mol. The number of hydrogen-bond acceptors (Lipinski definition) is 3. The van der Waals surface area contributed by atoms with Gasteiger partial charge >= 0.3 is 5.97 Å². The molecule has 0 radical (unpaired) electrons. The summed E-state index contributed by atoms with van der Waals surface area (Å²) in [5.74, 6) is -1.13. The van der Waals surface area contributed by atoms with Crippen LogP contribution in [-0.2, 0) is 6.42 Å². The molecule has 2 rings (SSSR count). The highest BCUT2D eigenvalue weighted by atomic mass is 35.5. The normalized spacial score (nSPS) is 10.3. The number of carboxylic acids is 1. The molecule has 0 bridgehead atoms. The maximum absolute atomic E-state index is 12.8. The number of carbonyl (C=O) groups is 1. The van der Waals surface area contributed by atoms with Crippen molar-refractivity contribution < 1.29 is 14.3 Å². The molecule has 0 saturated heterocycles. The molecule has 1 aromatic carbocycles. The van der Waals surface area contributed by atoms with E-state index >= 15 is 0 Å². The molecule has 0 aliphatic rings. The van der Waals surface area contributed by atoms with Crippen LogP contribution in [0.5, 0.6) is 0 Å². The number of pyridine rings is 1. The summed E-state index contributed by atoms with van der Waals surface area (Å²) in [4.78, 5) is 15.0. The Kier molecular flexibility index (Phi) is 4.53. The van der Waals surface area contributed by atoms with Crippen LogP contribution in [0.3, 0.4) is 0 Å². The summed E-state index contributed by atoms with van der Waals surface area (Å²) < 4.78 is 12.8. The summed E-state index contributed by atoms with van der Waals surface area (Å²) in [6, 6.07) is 8.96. The molecule has 0 aliphatic carbocycles. The Balaban J connectivity index is 2.02. The maximum Gasteiger partial charge on any atom is 0.339 e. The topological polar surface area (TPSA) is 62.2 Å². The molecule has 0 fully saturated rings. The molecule has 2 aromatic rings. The molecule has 20 heavy (non-hydrogen) atoms. The van der Waals surface area contributed by atoms with Gasteiger partial charge in [0.2, 0.25) is 0 Å². The number of rotatable bonds is 5. The molecule has 0 amide bonds. The number of nitrogens with zero attached hydrogens (tertiary/aromatic N) is 1. The molecule has 4 nitrogen and oxygen atoms in total. The molecule has 0 unspecified atom stereocenters. The van der Waals surface area contributed by atoms with Crippen LogP contribution in [0.2, 0.25) is 5.15 Å². The molecule has 6 heteroatoms. The van der Waals surface area contributed by atoms with Crippen molar-refractivity contribution in [2.75, 3.05) is 11.9 Å². The molecule has 0 spiro atoms. The Morgan fingerprint density at radius 1 is 1.25 bits per heavy atom. The molecule has 1 heterocycles. The van der Waals surface area contributed by atoms with Crippen LogP contribution in [0.4, 0.5) is 10.2 Å². The van der Waals surface area contributed by atoms with E-state index in [2.05, 4.69) is 10.3 Å². The quantitative estimate of drug-likeness (QED) is 0.831. The zero-order valence-electron chi connectivity index (χ0n) is 10.4. The first-order valence-corrected chi connectivity index (χ1v) is 6.32. The van der Waals surface area contributed by atoms with Crippen molar-refractivity contribution in [3.63, 3.8) is 0 Å². The van der Waals surface area contributed by atoms with Crippen LogP contribution in [0.1, 0.15) is 15.9 Å². The summed E-state index contributed by atoms with van der Waals surface area (Å²) in [6.07, 6.45) is 0.619. The van der Waals surface area contributed by atoms with Gasteiger partial charge in [-0.3, -0.25) is 0 Å². The van der Waals surface area contributed by atoms with Crippen molar-refractivity contribution >= 4 is 23.4 Å². The zero-order valence-corrected chi connectivity index (χ0v) is 11.2. The van der Waals surface area contributed by atoms with E-state index in [-0.39, 0.29) is 22.4 Å². The van der Waals surface area contributed by atoms with Crippen molar-refractivity contribution in [1.82, 2.24) is 4.98 Å². The number of anilines is 1. The first-order chi connectivity index (χ1) is 9.56. The second-order valence-corrected chi connectivity index (χ2v) is 4.53. The number of nitrogens with one attached hydrogen (secondary N) is 1. The van der Waals surface area contributed by atoms with Crippen LogP contribution in [0, 0.1) is 5.82 Å². The van der Waals surface area contributed by atoms with Crippen LogP contribution < -0.4 is 5.32 Å². The summed E-state index contributed by atoms with van der Waals surface area (Å²) in [5.41, 5.74) is 1.01. The van der Waals surface area contributed by atoms with Gasteiger partial charge in [-0.15, -0.1) is 0 Å². The van der Waals surface area contributed by atoms with Gasteiger partial charge in [-0.1, -0.05) is 23.7 Å². The molecule has 2 N–H and O–H groups in total. The van der Waals surface area contributed by atoms with E-state index in [1.54, 1.807) is 12.1 Å². The van der Waals surface area contributed by atoms with Gasteiger partial charge < -0.3 is 10.4 Å². The van der Waals surface area contributed by atoms with E-state index < -0.39 is 5.97 Å². The van der Waals surface area contributed by atoms with Gasteiger partial charge in [-0.25, -0.2) is 14.2 Å². The molecule has 1 aromatic heterocycles. The minimum Gasteiger partial charge on any atom is -0.478 e. The third-order valence-corrected chi connectivity index (χ3v) is 2.92. The van der Waals surface area contributed by atoms with Gasteiger partial charge in [0.15, 0.2) is 0 Å². The molecular formula is C14H12ClFN2O2. The second-order valence-electron chi connectivity index (χ2n) is 4.14. The SMILES string of the molecule is O=C(O)c1ccc(Cl)nc1NCCc1ccc(F)cc1. The lowest BCUT2D eigenvalue weighted by Crippen LogP contribution is -2.11. The highest BCUT2D eigenvalue weighted by Gasteiger charge is 2.11. The fraction of sp³-hybridized carbons (Fsp3) is 0.143. The van der Waals surface area contributed by atoms with E-state index in [4.69, 9.17) is 16.7 Å². The molecule has 104 valence electrons. The van der Waals surface area contributed by atoms with Gasteiger partial charge in [0.05, 0.1) is 0 Å². The van der Waals surface area contributed by atoms with E-state index in [9.17, 15) is 9.18 Å². The van der Waals surface area contributed by atoms with Gasteiger partial charge in [0.1, 0.15) is 22.4 Å². The van der Waals surface area contributed by atoms with Crippen molar-refractivity contribution in [2.45, 2.75) is 6.42 Å². The lowest BCUT2D eigenvalue weighted by molar-refractivity contribution is 0.0697. The number of aromatic carboxylic acids is 1. The fourth-order valence-electron chi connectivity index (χ4n) is 1.72. The predicted octanol–water partition coefficient (Wildman–Crippen LogP) is 3.23. The maximum atomic E-state index is 12.8. The monoisotopic (exact) mass is 294 g/mol. The number of hydrogen-bond donors (Lipinski definition) is 2. The number of carboxylic acid groups (broad SMARTS) is 1. The highest BCUT2D eigenvalue weighted by Crippen LogP contribution is 2.16. The summed E-state index contributed by atoms with van der Waals surface area (Å²) in [6.45, 7) is 0.471. The average molecular weight is 295 g/mol. The number of benzene rings is 1. The van der Waals surface area contributed by atoms with Crippen LogP contribution in [-0.4, -0.2) is 22.6 Å². The van der Waals surface area contributed by atoms with Crippen molar-refractivity contribution in [3.8, 4) is 0 Å². The summed E-state index contributed by atoms with van der Waals surface area (Å²) in [7, 11) is 0. The minimum atomic E-state index is -1.07. The zero-order chi connectivity index (χ0) is 14.5. The Bertz CT molecular complexity index is 617. The smallest absolute Gasteiger partial charge is 0.339 e. The largest absolute Gasteiger partial charge is 0.478 e. The lowest BCUT2D eigenvalue weighted by atomic mass is 10.1.